The Labute approximate surface area is 80.7 Å². The molecule has 0 saturated carbocycles. The van der Waals surface area contributed by atoms with Crippen molar-refractivity contribution in [3.63, 3.8) is 0 Å². The van der Waals surface area contributed by atoms with Crippen molar-refractivity contribution in [2.45, 2.75) is 11.8 Å². The van der Waals surface area contributed by atoms with Gasteiger partial charge in [0.2, 0.25) is 0 Å². The third-order valence-corrected chi connectivity index (χ3v) is 2.99. The molecule has 0 bridgehead atoms. The molecule has 0 aromatic carbocycles. The maximum Gasteiger partial charge on any atom is 0.257 e. The van der Waals surface area contributed by atoms with Crippen molar-refractivity contribution in [2.24, 2.45) is 0 Å². The number of pyridine rings is 1. The molecule has 0 radical (unpaired) electrons. The van der Waals surface area contributed by atoms with Crippen LogP contribution in [-0.2, 0) is 9.84 Å². The Bertz CT molecular complexity index is 586. The second-order valence-corrected chi connectivity index (χ2v) is 5.08. The zero-order chi connectivity index (χ0) is 10.3. The van der Waals surface area contributed by atoms with Gasteiger partial charge in [0.15, 0.2) is 9.84 Å². The van der Waals surface area contributed by atoms with Crippen molar-refractivity contribution >= 4 is 20.9 Å². The number of sulfone groups is 1. The highest BCUT2D eigenvalue weighted by Crippen LogP contribution is 2.19. The van der Waals surface area contributed by atoms with Gasteiger partial charge in [-0.05, 0) is 13.0 Å². The van der Waals surface area contributed by atoms with Crippen LogP contribution in [0.4, 0.5) is 0 Å². The van der Waals surface area contributed by atoms with Crippen LogP contribution in [0.2, 0.25) is 0 Å². The molecule has 0 amide bonds. The van der Waals surface area contributed by atoms with Crippen LogP contribution < -0.4 is 0 Å². The molecule has 0 aliphatic rings. The minimum atomic E-state index is -3.22. The van der Waals surface area contributed by atoms with E-state index in [0.29, 0.717) is 16.8 Å². The monoisotopic (exact) mass is 212 g/mol. The van der Waals surface area contributed by atoms with E-state index in [1.807, 2.05) is 0 Å². The number of aryl methyl sites for hydroxylation is 1. The van der Waals surface area contributed by atoms with Gasteiger partial charge >= 0.3 is 0 Å². The SMILES string of the molecule is Cc1noc2ncc(S(C)(=O)=O)cc12. The average molecular weight is 212 g/mol. The summed E-state index contributed by atoms with van der Waals surface area (Å²) in [4.78, 5) is 4.04. The van der Waals surface area contributed by atoms with Crippen molar-refractivity contribution in [3.8, 4) is 0 Å². The number of hydrogen-bond donors (Lipinski definition) is 0. The van der Waals surface area contributed by atoms with Gasteiger partial charge in [0.1, 0.15) is 0 Å². The van der Waals surface area contributed by atoms with Crippen LogP contribution in [0.15, 0.2) is 21.7 Å². The maximum atomic E-state index is 11.2. The van der Waals surface area contributed by atoms with E-state index in [1.165, 1.54) is 12.3 Å². The molecule has 0 aliphatic heterocycles. The van der Waals surface area contributed by atoms with Gasteiger partial charge in [0.05, 0.1) is 16.0 Å². The van der Waals surface area contributed by atoms with E-state index in [2.05, 4.69) is 10.1 Å². The normalized spacial score (nSPS) is 12.1. The van der Waals surface area contributed by atoms with Gasteiger partial charge < -0.3 is 4.52 Å². The molecule has 0 atom stereocenters. The summed E-state index contributed by atoms with van der Waals surface area (Å²) in [7, 11) is -3.22. The predicted molar refractivity (Wildman–Crippen MR) is 49.7 cm³/mol. The van der Waals surface area contributed by atoms with E-state index in [9.17, 15) is 8.42 Å². The molecule has 2 aromatic rings. The Morgan fingerprint density at radius 2 is 2.14 bits per heavy atom. The molecule has 2 rings (SSSR count). The Balaban J connectivity index is 2.79. The highest BCUT2D eigenvalue weighted by atomic mass is 32.2. The molecular weight excluding hydrogens is 204 g/mol. The van der Waals surface area contributed by atoms with Crippen LogP contribution in [0.5, 0.6) is 0 Å². The van der Waals surface area contributed by atoms with Crippen molar-refractivity contribution in [3.05, 3.63) is 18.0 Å². The number of fused-ring (bicyclic) bond motifs is 1. The lowest BCUT2D eigenvalue weighted by atomic mass is 10.3. The lowest BCUT2D eigenvalue weighted by molar-refractivity contribution is 0.442. The van der Waals surface area contributed by atoms with Gasteiger partial charge in [-0.25, -0.2) is 13.4 Å². The number of nitrogens with zero attached hydrogens (tertiary/aromatic N) is 2. The molecular formula is C8H8N2O3S. The van der Waals surface area contributed by atoms with Crippen molar-refractivity contribution in [1.82, 2.24) is 10.1 Å². The van der Waals surface area contributed by atoms with Gasteiger partial charge in [0.25, 0.3) is 5.71 Å². The first-order valence-corrected chi connectivity index (χ1v) is 5.80. The summed E-state index contributed by atoms with van der Waals surface area (Å²) in [6.07, 6.45) is 2.40. The summed E-state index contributed by atoms with van der Waals surface area (Å²) in [5.41, 5.74) is 0.993. The fourth-order valence-corrected chi connectivity index (χ4v) is 1.70. The molecule has 0 fully saturated rings. The zero-order valence-electron chi connectivity index (χ0n) is 7.68. The standard InChI is InChI=1S/C8H8N2O3S/c1-5-7-3-6(14(2,11)12)4-9-8(7)13-10-5/h3-4H,1-2H3. The Hall–Kier alpha value is -1.43. The first-order valence-electron chi connectivity index (χ1n) is 3.90. The lowest BCUT2D eigenvalue weighted by Crippen LogP contribution is -1.97. The molecule has 0 N–H and O–H groups in total. The highest BCUT2D eigenvalue weighted by Gasteiger charge is 2.12. The molecule has 0 aliphatic carbocycles. The zero-order valence-corrected chi connectivity index (χ0v) is 8.50. The average Bonchev–Trinajstić information content (AvgIpc) is 2.46. The molecule has 0 spiro atoms. The molecule has 6 heteroatoms. The number of aromatic nitrogens is 2. The third-order valence-electron chi connectivity index (χ3n) is 1.91. The summed E-state index contributed by atoms with van der Waals surface area (Å²) in [5, 5.41) is 4.32. The minimum absolute atomic E-state index is 0.177. The van der Waals surface area contributed by atoms with Crippen LogP contribution in [0.1, 0.15) is 5.69 Å². The molecule has 0 saturated heterocycles. The van der Waals surface area contributed by atoms with Gasteiger partial charge in [-0.15, -0.1) is 0 Å². The second-order valence-electron chi connectivity index (χ2n) is 3.06. The van der Waals surface area contributed by atoms with Gasteiger partial charge in [-0.2, -0.15) is 0 Å². The van der Waals surface area contributed by atoms with E-state index in [4.69, 9.17) is 4.52 Å². The first-order chi connectivity index (χ1) is 6.48. The van der Waals surface area contributed by atoms with Gasteiger partial charge in [-0.3, -0.25) is 0 Å². The maximum absolute atomic E-state index is 11.2. The van der Waals surface area contributed by atoms with E-state index in [1.54, 1.807) is 6.92 Å². The fourth-order valence-electron chi connectivity index (χ4n) is 1.13. The lowest BCUT2D eigenvalue weighted by Gasteiger charge is -1.95. The Morgan fingerprint density at radius 3 is 2.79 bits per heavy atom. The van der Waals surface area contributed by atoms with E-state index >= 15 is 0 Å². The Morgan fingerprint density at radius 1 is 1.43 bits per heavy atom. The summed E-state index contributed by atoms with van der Waals surface area (Å²) in [5.74, 6) is 0. The van der Waals surface area contributed by atoms with Crippen LogP contribution in [0, 0.1) is 6.92 Å². The van der Waals surface area contributed by atoms with Crippen LogP contribution in [-0.4, -0.2) is 24.8 Å². The van der Waals surface area contributed by atoms with E-state index in [0.717, 1.165) is 6.26 Å². The fraction of sp³-hybridized carbons (Fsp3) is 0.250. The predicted octanol–water partition coefficient (Wildman–Crippen LogP) is 0.935. The highest BCUT2D eigenvalue weighted by molar-refractivity contribution is 7.90. The smallest absolute Gasteiger partial charge is 0.257 e. The topological polar surface area (TPSA) is 73.1 Å². The van der Waals surface area contributed by atoms with Crippen LogP contribution in [0.25, 0.3) is 11.1 Å². The molecule has 2 heterocycles. The molecule has 2 aromatic heterocycles. The van der Waals surface area contributed by atoms with Crippen molar-refractivity contribution in [2.75, 3.05) is 6.26 Å². The minimum Gasteiger partial charge on any atom is -0.336 e. The first kappa shape index (κ1) is 9.14. The molecule has 5 nitrogen and oxygen atoms in total. The largest absolute Gasteiger partial charge is 0.336 e. The quantitative estimate of drug-likeness (QED) is 0.703. The summed E-state index contributed by atoms with van der Waals surface area (Å²) in [6, 6.07) is 1.52. The third kappa shape index (κ3) is 1.37. The summed E-state index contributed by atoms with van der Waals surface area (Å²) < 4.78 is 27.3. The van der Waals surface area contributed by atoms with E-state index < -0.39 is 9.84 Å². The molecule has 0 unspecified atom stereocenters. The second kappa shape index (κ2) is 2.78. The number of hydrogen-bond acceptors (Lipinski definition) is 5. The summed E-state index contributed by atoms with van der Waals surface area (Å²) in [6.45, 7) is 1.74. The van der Waals surface area contributed by atoms with Gasteiger partial charge in [0, 0.05) is 12.5 Å². The van der Waals surface area contributed by atoms with Gasteiger partial charge in [-0.1, -0.05) is 5.16 Å². The summed E-state index contributed by atoms with van der Waals surface area (Å²) >= 11 is 0. The van der Waals surface area contributed by atoms with Crippen LogP contribution in [0.3, 0.4) is 0 Å². The molecule has 74 valence electrons. The van der Waals surface area contributed by atoms with E-state index in [-0.39, 0.29) is 4.90 Å². The van der Waals surface area contributed by atoms with Crippen LogP contribution >= 0.6 is 0 Å². The van der Waals surface area contributed by atoms with Crippen molar-refractivity contribution < 1.29 is 12.9 Å². The molecule has 14 heavy (non-hydrogen) atoms. The van der Waals surface area contributed by atoms with Crippen molar-refractivity contribution in [1.29, 1.82) is 0 Å². The number of rotatable bonds is 1. The Kier molecular flexibility index (Phi) is 1.81.